The van der Waals surface area contributed by atoms with Crippen molar-refractivity contribution >= 4 is 17.6 Å². The Morgan fingerprint density at radius 3 is 2.33 bits per heavy atom. The van der Waals surface area contributed by atoms with Crippen LogP contribution in [0.2, 0.25) is 0 Å². The summed E-state index contributed by atoms with van der Waals surface area (Å²) in [5, 5.41) is 0. The average molecular weight is 401 g/mol. The smallest absolute Gasteiger partial charge is 0.338 e. The molecule has 0 heterocycles. The van der Waals surface area contributed by atoms with Crippen LogP contribution in [0.4, 0.5) is 0 Å². The van der Waals surface area contributed by atoms with Gasteiger partial charge in [-0.05, 0) is 67.2 Å². The van der Waals surface area contributed by atoms with Gasteiger partial charge in [-0.2, -0.15) is 0 Å². The molecule has 3 aromatic rings. The molecule has 0 saturated heterocycles. The molecular weight excluding hydrogens is 372 g/mol. The van der Waals surface area contributed by atoms with Crippen molar-refractivity contribution in [3.63, 3.8) is 0 Å². The van der Waals surface area contributed by atoms with Crippen LogP contribution in [0.25, 0.3) is 11.6 Å². The lowest BCUT2D eigenvalue weighted by atomic mass is 9.90. The van der Waals surface area contributed by atoms with Gasteiger partial charge in [-0.25, -0.2) is 4.79 Å². The Balaban J connectivity index is 1.84. The normalized spacial score (nSPS) is 11.2. The Bertz CT molecular complexity index is 1000. The van der Waals surface area contributed by atoms with Crippen LogP contribution in [0.5, 0.6) is 5.75 Å². The van der Waals surface area contributed by atoms with Gasteiger partial charge in [0.15, 0.2) is 0 Å². The molecule has 0 unspecified atom stereocenters. The lowest BCUT2D eigenvalue weighted by Gasteiger charge is -2.16. The first-order valence-corrected chi connectivity index (χ1v) is 10.2. The Morgan fingerprint density at radius 1 is 0.900 bits per heavy atom. The fourth-order valence-corrected chi connectivity index (χ4v) is 3.48. The highest BCUT2D eigenvalue weighted by Gasteiger charge is 2.17. The molecule has 30 heavy (non-hydrogen) atoms. The number of allylic oxidation sites excluding steroid dienone is 1. The van der Waals surface area contributed by atoms with Crippen molar-refractivity contribution < 1.29 is 14.3 Å². The molecule has 0 bridgehead atoms. The topological polar surface area (TPSA) is 35.5 Å². The van der Waals surface area contributed by atoms with Gasteiger partial charge in [0.2, 0.25) is 0 Å². The molecule has 0 atom stereocenters. The number of methoxy groups -OCH3 is 1. The first-order valence-electron chi connectivity index (χ1n) is 10.2. The number of benzene rings is 3. The third kappa shape index (κ3) is 5.60. The quantitative estimate of drug-likeness (QED) is 0.246. The summed E-state index contributed by atoms with van der Waals surface area (Å²) in [6, 6.07) is 24.0. The van der Waals surface area contributed by atoms with Crippen molar-refractivity contribution in [3.8, 4) is 5.75 Å². The number of hydrogen-bond donors (Lipinski definition) is 0. The summed E-state index contributed by atoms with van der Waals surface area (Å²) in [7, 11) is 1.42. The minimum Gasteiger partial charge on any atom is -0.494 e. The van der Waals surface area contributed by atoms with Gasteiger partial charge in [0.25, 0.3) is 0 Å². The Hall–Kier alpha value is -3.33. The minimum atomic E-state index is -0.316. The summed E-state index contributed by atoms with van der Waals surface area (Å²) >= 11 is 0. The first kappa shape index (κ1) is 21.4. The van der Waals surface area contributed by atoms with E-state index in [2.05, 4.69) is 25.1 Å². The molecular formula is C27H28O3. The maximum Gasteiger partial charge on any atom is 0.338 e. The van der Waals surface area contributed by atoms with Crippen LogP contribution in [0.15, 0.2) is 72.8 Å². The summed E-state index contributed by atoms with van der Waals surface area (Å²) in [5.41, 5.74) is 6.02. The average Bonchev–Trinajstić information content (AvgIpc) is 2.77. The summed E-state index contributed by atoms with van der Waals surface area (Å²) in [6.45, 7) is 4.70. The van der Waals surface area contributed by atoms with E-state index in [0.717, 1.165) is 40.9 Å². The zero-order valence-electron chi connectivity index (χ0n) is 17.9. The van der Waals surface area contributed by atoms with Gasteiger partial charge in [0.1, 0.15) is 5.75 Å². The number of carbonyl (C=O) groups is 1. The van der Waals surface area contributed by atoms with Crippen LogP contribution in [-0.2, 0) is 4.74 Å². The lowest BCUT2D eigenvalue weighted by molar-refractivity contribution is 0.0600. The second-order valence-corrected chi connectivity index (χ2v) is 7.33. The molecule has 0 radical (unpaired) electrons. The van der Waals surface area contributed by atoms with E-state index in [4.69, 9.17) is 9.47 Å². The summed E-state index contributed by atoms with van der Waals surface area (Å²) in [6.07, 6.45) is 3.78. The Morgan fingerprint density at radius 2 is 1.63 bits per heavy atom. The Labute approximate surface area is 179 Å². The maximum absolute atomic E-state index is 12.4. The van der Waals surface area contributed by atoms with Crippen molar-refractivity contribution in [1.29, 1.82) is 0 Å². The van der Waals surface area contributed by atoms with Gasteiger partial charge in [-0.15, -0.1) is 0 Å². The van der Waals surface area contributed by atoms with E-state index in [9.17, 15) is 4.79 Å². The predicted octanol–water partition coefficient (Wildman–Crippen LogP) is 6.49. The molecule has 0 aliphatic carbocycles. The van der Waals surface area contributed by atoms with Gasteiger partial charge in [0.05, 0.1) is 19.3 Å². The molecule has 0 amide bonds. The molecule has 3 nitrogen and oxygen atoms in total. The molecule has 0 aromatic heterocycles. The van der Waals surface area contributed by atoms with Gasteiger partial charge in [-0.3, -0.25) is 0 Å². The third-order valence-electron chi connectivity index (χ3n) is 5.02. The Kier molecular flexibility index (Phi) is 7.45. The number of esters is 1. The van der Waals surface area contributed by atoms with Crippen molar-refractivity contribution in [1.82, 2.24) is 0 Å². The summed E-state index contributed by atoms with van der Waals surface area (Å²) in [5.74, 6) is 0.559. The minimum absolute atomic E-state index is 0.316. The second-order valence-electron chi connectivity index (χ2n) is 7.33. The largest absolute Gasteiger partial charge is 0.494 e. The van der Waals surface area contributed by atoms with Gasteiger partial charge >= 0.3 is 5.97 Å². The van der Waals surface area contributed by atoms with Crippen LogP contribution in [0, 0.1) is 13.8 Å². The SMILES string of the molecule is COC(=O)c1cccc(C)c1/C(=C\c1ccccc1)CCCOc1ccc(C)cc1. The van der Waals surface area contributed by atoms with Crippen LogP contribution in [0.1, 0.15) is 45.5 Å². The fraction of sp³-hybridized carbons (Fsp3) is 0.222. The summed E-state index contributed by atoms with van der Waals surface area (Å²) < 4.78 is 10.9. The third-order valence-corrected chi connectivity index (χ3v) is 5.02. The molecule has 0 fully saturated rings. The molecule has 154 valence electrons. The highest BCUT2D eigenvalue weighted by Crippen LogP contribution is 2.30. The van der Waals surface area contributed by atoms with Gasteiger partial charge < -0.3 is 9.47 Å². The van der Waals surface area contributed by atoms with Crippen LogP contribution in [0.3, 0.4) is 0 Å². The number of rotatable bonds is 8. The van der Waals surface area contributed by atoms with Crippen molar-refractivity contribution in [2.24, 2.45) is 0 Å². The van der Waals surface area contributed by atoms with Crippen LogP contribution >= 0.6 is 0 Å². The van der Waals surface area contributed by atoms with E-state index in [1.165, 1.54) is 12.7 Å². The molecule has 0 aliphatic rings. The first-order chi connectivity index (χ1) is 14.6. The highest BCUT2D eigenvalue weighted by molar-refractivity contribution is 5.98. The molecule has 3 heteroatoms. The van der Waals surface area contributed by atoms with Crippen LogP contribution < -0.4 is 4.74 Å². The van der Waals surface area contributed by atoms with Crippen molar-refractivity contribution in [2.45, 2.75) is 26.7 Å². The second kappa shape index (κ2) is 10.4. The van der Waals surface area contributed by atoms with Gasteiger partial charge in [0, 0.05) is 0 Å². The number of hydrogen-bond acceptors (Lipinski definition) is 3. The summed E-state index contributed by atoms with van der Waals surface area (Å²) in [4.78, 5) is 12.4. The number of ether oxygens (including phenoxy) is 2. The monoisotopic (exact) mass is 400 g/mol. The zero-order chi connectivity index (χ0) is 21.3. The highest BCUT2D eigenvalue weighted by atomic mass is 16.5. The van der Waals surface area contributed by atoms with E-state index < -0.39 is 0 Å². The van der Waals surface area contributed by atoms with Gasteiger partial charge in [-0.1, -0.05) is 66.2 Å². The van der Waals surface area contributed by atoms with E-state index in [1.807, 2.05) is 67.6 Å². The van der Waals surface area contributed by atoms with E-state index >= 15 is 0 Å². The molecule has 0 aliphatic heterocycles. The predicted molar refractivity (Wildman–Crippen MR) is 123 cm³/mol. The van der Waals surface area contributed by atoms with E-state index in [-0.39, 0.29) is 5.97 Å². The molecule has 0 spiro atoms. The fourth-order valence-electron chi connectivity index (χ4n) is 3.48. The van der Waals surface area contributed by atoms with Crippen molar-refractivity contribution in [3.05, 3.63) is 101 Å². The molecule has 3 rings (SSSR count). The molecule has 3 aromatic carbocycles. The zero-order valence-corrected chi connectivity index (χ0v) is 17.9. The van der Waals surface area contributed by atoms with Crippen molar-refractivity contribution in [2.75, 3.05) is 13.7 Å². The van der Waals surface area contributed by atoms with Crippen LogP contribution in [-0.4, -0.2) is 19.7 Å². The molecule has 0 N–H and O–H groups in total. The maximum atomic E-state index is 12.4. The number of aryl methyl sites for hydroxylation is 2. The standard InChI is InChI=1S/C27H28O3/c1-20-14-16-24(17-15-20)30-18-8-12-23(19-22-10-5-4-6-11-22)26-21(2)9-7-13-25(26)27(28)29-3/h4-7,9-11,13-17,19H,8,12,18H2,1-3H3/b23-19-. The lowest BCUT2D eigenvalue weighted by Crippen LogP contribution is -2.08. The number of carbonyl (C=O) groups excluding carboxylic acids is 1. The van der Waals surface area contributed by atoms with E-state index in [0.29, 0.717) is 12.2 Å². The van der Waals surface area contributed by atoms with E-state index in [1.54, 1.807) is 0 Å². The molecule has 0 saturated carbocycles.